The number of para-hydroxylation sites is 1. The highest BCUT2D eigenvalue weighted by atomic mass is 35.7. The smallest absolute Gasteiger partial charge is 0.314 e. The number of hydrogen-bond acceptors (Lipinski definition) is 5. The summed E-state index contributed by atoms with van der Waals surface area (Å²) in [6.07, 6.45) is 0.770. The number of nitro benzene ring substituents is 1. The van der Waals surface area contributed by atoms with E-state index in [0.29, 0.717) is 12.8 Å². The molecule has 0 aromatic heterocycles. The molecule has 0 aliphatic heterocycles. The molecule has 0 saturated carbocycles. The minimum absolute atomic E-state index is 0.0237. The number of ether oxygens (including phenoxy) is 1. The molecule has 0 aliphatic carbocycles. The van der Waals surface area contributed by atoms with Crippen LogP contribution in [0.4, 0.5) is 10.1 Å². The third kappa shape index (κ3) is 6.26. The standard InChI is InChI=1S/C12H15ClFNO5S/c1-9(6-8-21(13,18)19)5-7-20-12-10(14)3-2-4-11(12)15(16)17/h2-4,9H,5-8H2,1H3. The van der Waals surface area contributed by atoms with Crippen molar-refractivity contribution in [1.82, 2.24) is 0 Å². The van der Waals surface area contributed by atoms with Crippen molar-refractivity contribution in [2.75, 3.05) is 12.4 Å². The molecule has 0 aliphatic rings. The first kappa shape index (κ1) is 17.6. The molecule has 1 atom stereocenters. The maximum absolute atomic E-state index is 13.5. The number of nitro groups is 1. The van der Waals surface area contributed by atoms with Crippen molar-refractivity contribution in [3.05, 3.63) is 34.1 Å². The Morgan fingerprint density at radius 2 is 2.10 bits per heavy atom. The van der Waals surface area contributed by atoms with Gasteiger partial charge in [-0.2, -0.15) is 0 Å². The van der Waals surface area contributed by atoms with Gasteiger partial charge in [0.05, 0.1) is 17.3 Å². The Labute approximate surface area is 126 Å². The van der Waals surface area contributed by atoms with Gasteiger partial charge in [0.15, 0.2) is 5.82 Å². The first-order valence-corrected chi connectivity index (χ1v) is 8.66. The van der Waals surface area contributed by atoms with Crippen molar-refractivity contribution in [2.24, 2.45) is 5.92 Å². The summed E-state index contributed by atoms with van der Waals surface area (Å²) in [5.74, 6) is -1.39. The van der Waals surface area contributed by atoms with Crippen LogP contribution in [-0.4, -0.2) is 25.7 Å². The van der Waals surface area contributed by atoms with Gasteiger partial charge in [-0.3, -0.25) is 10.1 Å². The Kier molecular flexibility index (Phi) is 6.35. The van der Waals surface area contributed by atoms with Crippen molar-refractivity contribution in [3.63, 3.8) is 0 Å². The van der Waals surface area contributed by atoms with Crippen LogP contribution in [0, 0.1) is 21.8 Å². The number of benzene rings is 1. The van der Waals surface area contributed by atoms with Gasteiger partial charge in [-0.1, -0.05) is 13.0 Å². The zero-order valence-corrected chi connectivity index (χ0v) is 12.9. The second-order valence-electron chi connectivity index (χ2n) is 4.62. The third-order valence-electron chi connectivity index (χ3n) is 2.85. The molecule has 0 radical (unpaired) electrons. The maximum atomic E-state index is 13.5. The molecule has 1 aromatic carbocycles. The van der Waals surface area contributed by atoms with Crippen LogP contribution in [0.1, 0.15) is 19.8 Å². The van der Waals surface area contributed by atoms with Crippen LogP contribution in [0.25, 0.3) is 0 Å². The lowest BCUT2D eigenvalue weighted by Crippen LogP contribution is -2.09. The first-order valence-electron chi connectivity index (χ1n) is 6.18. The number of halogens is 2. The third-order valence-corrected chi connectivity index (χ3v) is 4.04. The van der Waals surface area contributed by atoms with E-state index in [2.05, 4.69) is 0 Å². The van der Waals surface area contributed by atoms with Crippen LogP contribution in [0.3, 0.4) is 0 Å². The van der Waals surface area contributed by atoms with Crippen molar-refractivity contribution in [2.45, 2.75) is 19.8 Å². The molecule has 1 rings (SSSR count). The molecule has 0 heterocycles. The lowest BCUT2D eigenvalue weighted by molar-refractivity contribution is -0.386. The molecule has 0 bridgehead atoms. The summed E-state index contributed by atoms with van der Waals surface area (Å²) in [4.78, 5) is 10.0. The van der Waals surface area contributed by atoms with Crippen LogP contribution in [0.2, 0.25) is 0 Å². The molecule has 0 spiro atoms. The van der Waals surface area contributed by atoms with E-state index >= 15 is 0 Å². The van der Waals surface area contributed by atoms with Crippen molar-refractivity contribution in [3.8, 4) is 5.75 Å². The fourth-order valence-corrected chi connectivity index (χ4v) is 2.58. The van der Waals surface area contributed by atoms with E-state index < -0.39 is 31.2 Å². The van der Waals surface area contributed by atoms with Gasteiger partial charge in [0.25, 0.3) is 0 Å². The minimum Gasteiger partial charge on any atom is -0.485 e. The molecule has 0 fully saturated rings. The quantitative estimate of drug-likeness (QED) is 0.412. The molecule has 0 amide bonds. The molecule has 9 heteroatoms. The molecule has 1 aromatic rings. The highest BCUT2D eigenvalue weighted by molar-refractivity contribution is 8.13. The van der Waals surface area contributed by atoms with E-state index in [4.69, 9.17) is 15.4 Å². The monoisotopic (exact) mass is 339 g/mol. The van der Waals surface area contributed by atoms with Gasteiger partial charge >= 0.3 is 5.69 Å². The average molecular weight is 340 g/mol. The second kappa shape index (κ2) is 7.56. The first-order chi connectivity index (χ1) is 9.70. The lowest BCUT2D eigenvalue weighted by atomic mass is 10.1. The van der Waals surface area contributed by atoms with Crippen LogP contribution < -0.4 is 4.74 Å². The Hall–Kier alpha value is -1.41. The van der Waals surface area contributed by atoms with Gasteiger partial charge in [0.1, 0.15) is 0 Å². The Morgan fingerprint density at radius 3 is 2.67 bits per heavy atom. The van der Waals surface area contributed by atoms with Gasteiger partial charge in [0, 0.05) is 16.7 Å². The second-order valence-corrected chi connectivity index (χ2v) is 7.52. The van der Waals surface area contributed by atoms with Gasteiger partial charge in [-0.25, -0.2) is 12.8 Å². The summed E-state index contributed by atoms with van der Waals surface area (Å²) >= 11 is 0. The summed E-state index contributed by atoms with van der Waals surface area (Å²) in [6, 6.07) is 3.46. The van der Waals surface area contributed by atoms with Crippen LogP contribution >= 0.6 is 10.7 Å². The van der Waals surface area contributed by atoms with Crippen molar-refractivity contribution < 1.29 is 22.5 Å². The molecule has 21 heavy (non-hydrogen) atoms. The van der Waals surface area contributed by atoms with Gasteiger partial charge < -0.3 is 4.74 Å². The van der Waals surface area contributed by atoms with Crippen LogP contribution in [-0.2, 0) is 9.05 Å². The summed E-state index contributed by atoms with van der Waals surface area (Å²) in [5, 5.41) is 10.8. The summed E-state index contributed by atoms with van der Waals surface area (Å²) in [7, 11) is 1.56. The van der Waals surface area contributed by atoms with E-state index in [0.717, 1.165) is 12.1 Å². The average Bonchev–Trinajstić information content (AvgIpc) is 2.37. The molecular formula is C12H15ClFNO5S. The van der Waals surface area contributed by atoms with E-state index in [-0.39, 0.29) is 18.3 Å². The lowest BCUT2D eigenvalue weighted by Gasteiger charge is -2.12. The maximum Gasteiger partial charge on any atom is 0.314 e. The Balaban J connectivity index is 2.55. The number of hydrogen-bond donors (Lipinski definition) is 0. The Bertz CT molecular complexity index is 608. The van der Waals surface area contributed by atoms with Crippen LogP contribution in [0.5, 0.6) is 5.75 Å². The van der Waals surface area contributed by atoms with Crippen LogP contribution in [0.15, 0.2) is 18.2 Å². The fourth-order valence-electron chi connectivity index (χ4n) is 1.63. The topological polar surface area (TPSA) is 86.5 Å². The van der Waals surface area contributed by atoms with Crippen molar-refractivity contribution in [1.29, 1.82) is 0 Å². The normalized spacial score (nSPS) is 12.9. The minimum atomic E-state index is -3.54. The van der Waals surface area contributed by atoms with E-state index in [1.807, 2.05) is 0 Å². The molecule has 118 valence electrons. The molecule has 1 unspecified atom stereocenters. The largest absolute Gasteiger partial charge is 0.485 e. The zero-order chi connectivity index (χ0) is 16.0. The SMILES string of the molecule is CC(CCOc1c(F)cccc1[N+](=O)[O-])CCS(=O)(=O)Cl. The van der Waals surface area contributed by atoms with E-state index in [9.17, 15) is 22.9 Å². The zero-order valence-electron chi connectivity index (χ0n) is 11.3. The summed E-state index contributed by atoms with van der Waals surface area (Å²) < 4.78 is 40.3. The molecule has 0 saturated heterocycles. The molecule has 0 N–H and O–H groups in total. The Morgan fingerprint density at radius 1 is 1.43 bits per heavy atom. The van der Waals surface area contributed by atoms with E-state index in [1.165, 1.54) is 6.07 Å². The molecular weight excluding hydrogens is 325 g/mol. The van der Waals surface area contributed by atoms with E-state index in [1.54, 1.807) is 6.92 Å². The summed E-state index contributed by atoms with van der Waals surface area (Å²) in [5.41, 5.74) is -0.439. The van der Waals surface area contributed by atoms with Crippen molar-refractivity contribution >= 4 is 25.4 Å². The van der Waals surface area contributed by atoms with Gasteiger partial charge in [0.2, 0.25) is 14.8 Å². The highest BCUT2D eigenvalue weighted by Crippen LogP contribution is 2.29. The predicted molar refractivity (Wildman–Crippen MR) is 76.6 cm³/mol. The summed E-state index contributed by atoms with van der Waals surface area (Å²) in [6.45, 7) is 1.84. The number of rotatable bonds is 8. The van der Waals surface area contributed by atoms with Gasteiger partial charge in [-0.05, 0) is 24.8 Å². The number of nitrogens with zero attached hydrogens (tertiary/aromatic N) is 1. The molecule has 6 nitrogen and oxygen atoms in total. The fraction of sp³-hybridized carbons (Fsp3) is 0.500. The van der Waals surface area contributed by atoms with Gasteiger partial charge in [-0.15, -0.1) is 0 Å². The predicted octanol–water partition coefficient (Wildman–Crippen LogP) is 3.10. The highest BCUT2D eigenvalue weighted by Gasteiger charge is 2.19.